The number of nitrogens with one attached hydrogen (secondary N) is 1. The largest absolute Gasteiger partial charge is 0.314 e. The van der Waals surface area contributed by atoms with E-state index in [2.05, 4.69) is 42.2 Å². The lowest BCUT2D eigenvalue weighted by atomic mass is 10.1. The molecular weight excluding hydrogens is 224 g/mol. The van der Waals surface area contributed by atoms with E-state index in [1.807, 2.05) is 24.0 Å². The summed E-state index contributed by atoms with van der Waals surface area (Å²) >= 11 is 0. The minimum Gasteiger partial charge on any atom is -0.314 e. The minimum atomic E-state index is 0.772. The number of aryl methyl sites for hydroxylation is 1. The molecule has 0 radical (unpaired) electrons. The molecule has 2 aromatic heterocycles. The van der Waals surface area contributed by atoms with Crippen LogP contribution >= 0.6 is 0 Å². The van der Waals surface area contributed by atoms with Crippen molar-refractivity contribution >= 4 is 0 Å². The third-order valence-corrected chi connectivity index (χ3v) is 3.20. The summed E-state index contributed by atoms with van der Waals surface area (Å²) in [7, 11) is 1.92. The van der Waals surface area contributed by atoms with Gasteiger partial charge >= 0.3 is 0 Å². The van der Waals surface area contributed by atoms with Gasteiger partial charge in [-0.25, -0.2) is 4.68 Å². The fraction of sp³-hybridized carbons (Fsp3) is 0.429. The molecule has 96 valence electrons. The van der Waals surface area contributed by atoms with Gasteiger partial charge in [0.05, 0.1) is 17.1 Å². The average molecular weight is 244 g/mol. The molecule has 0 atom stereocenters. The Morgan fingerprint density at radius 1 is 1.33 bits per heavy atom. The summed E-state index contributed by atoms with van der Waals surface area (Å²) in [6.07, 6.45) is 2.86. The fourth-order valence-electron chi connectivity index (χ4n) is 2.31. The number of pyridine rings is 1. The van der Waals surface area contributed by atoms with E-state index < -0.39 is 0 Å². The van der Waals surface area contributed by atoms with E-state index in [1.165, 1.54) is 11.3 Å². The minimum absolute atomic E-state index is 0.772. The Labute approximate surface area is 108 Å². The SMILES string of the molecule is CCc1c(C)nn(-c2ccnc(CNC)c2)c1C. The van der Waals surface area contributed by atoms with Gasteiger partial charge in [0.1, 0.15) is 0 Å². The van der Waals surface area contributed by atoms with Crippen molar-refractivity contribution in [2.75, 3.05) is 7.05 Å². The molecule has 0 aliphatic heterocycles. The number of nitrogens with zero attached hydrogens (tertiary/aromatic N) is 3. The topological polar surface area (TPSA) is 42.7 Å². The second kappa shape index (κ2) is 5.31. The molecule has 0 aliphatic carbocycles. The predicted octanol–water partition coefficient (Wildman–Crippen LogP) is 2.17. The molecule has 0 aliphatic rings. The van der Waals surface area contributed by atoms with Gasteiger partial charge in [-0.15, -0.1) is 0 Å². The highest BCUT2D eigenvalue weighted by atomic mass is 15.3. The highest BCUT2D eigenvalue weighted by molar-refractivity contribution is 5.37. The van der Waals surface area contributed by atoms with Gasteiger partial charge in [0.2, 0.25) is 0 Å². The second-order valence-electron chi connectivity index (χ2n) is 4.45. The van der Waals surface area contributed by atoms with Crippen LogP contribution in [0.1, 0.15) is 29.6 Å². The first-order valence-corrected chi connectivity index (χ1v) is 6.32. The maximum atomic E-state index is 4.62. The van der Waals surface area contributed by atoms with Crippen molar-refractivity contribution in [2.24, 2.45) is 0 Å². The van der Waals surface area contributed by atoms with Crippen molar-refractivity contribution in [3.05, 3.63) is 41.0 Å². The van der Waals surface area contributed by atoms with E-state index in [4.69, 9.17) is 0 Å². The van der Waals surface area contributed by atoms with E-state index in [0.717, 1.165) is 30.0 Å². The van der Waals surface area contributed by atoms with Crippen LogP contribution in [0, 0.1) is 13.8 Å². The van der Waals surface area contributed by atoms with Crippen molar-refractivity contribution in [1.82, 2.24) is 20.1 Å². The molecule has 0 unspecified atom stereocenters. The molecule has 0 amide bonds. The van der Waals surface area contributed by atoms with Crippen LogP contribution in [0.5, 0.6) is 0 Å². The van der Waals surface area contributed by atoms with Gasteiger partial charge in [0.15, 0.2) is 0 Å². The van der Waals surface area contributed by atoms with Crippen molar-refractivity contribution in [3.8, 4) is 5.69 Å². The first-order chi connectivity index (χ1) is 8.67. The quantitative estimate of drug-likeness (QED) is 0.896. The summed E-state index contributed by atoms with van der Waals surface area (Å²) in [5.74, 6) is 0. The Balaban J connectivity index is 2.45. The molecule has 4 heteroatoms. The molecular formula is C14H20N4. The summed E-state index contributed by atoms with van der Waals surface area (Å²) in [4.78, 5) is 4.33. The van der Waals surface area contributed by atoms with Gasteiger partial charge in [0, 0.05) is 18.4 Å². The lowest BCUT2D eigenvalue weighted by Crippen LogP contribution is -2.08. The van der Waals surface area contributed by atoms with Crippen LogP contribution in [0.2, 0.25) is 0 Å². The molecule has 2 heterocycles. The van der Waals surface area contributed by atoms with Crippen molar-refractivity contribution in [2.45, 2.75) is 33.7 Å². The molecule has 0 fully saturated rings. The molecule has 2 rings (SSSR count). The van der Waals surface area contributed by atoms with Crippen molar-refractivity contribution in [3.63, 3.8) is 0 Å². The smallest absolute Gasteiger partial charge is 0.0682 e. The van der Waals surface area contributed by atoms with Crippen LogP contribution in [-0.4, -0.2) is 21.8 Å². The van der Waals surface area contributed by atoms with Gasteiger partial charge in [-0.3, -0.25) is 4.98 Å². The highest BCUT2D eigenvalue weighted by Gasteiger charge is 2.11. The van der Waals surface area contributed by atoms with Crippen molar-refractivity contribution in [1.29, 1.82) is 0 Å². The summed E-state index contributed by atoms with van der Waals surface area (Å²) in [5.41, 5.74) is 5.77. The van der Waals surface area contributed by atoms with Gasteiger partial charge < -0.3 is 5.32 Å². The fourth-order valence-corrected chi connectivity index (χ4v) is 2.31. The van der Waals surface area contributed by atoms with E-state index in [-0.39, 0.29) is 0 Å². The Morgan fingerprint density at radius 2 is 2.11 bits per heavy atom. The summed E-state index contributed by atoms with van der Waals surface area (Å²) in [6, 6.07) is 4.08. The van der Waals surface area contributed by atoms with Gasteiger partial charge in [0.25, 0.3) is 0 Å². The number of hydrogen-bond donors (Lipinski definition) is 1. The highest BCUT2D eigenvalue weighted by Crippen LogP contribution is 2.18. The lowest BCUT2D eigenvalue weighted by molar-refractivity contribution is 0.779. The van der Waals surface area contributed by atoms with E-state index in [0.29, 0.717) is 0 Å². The number of hydrogen-bond acceptors (Lipinski definition) is 3. The maximum absolute atomic E-state index is 4.62. The molecule has 0 spiro atoms. The van der Waals surface area contributed by atoms with Crippen LogP contribution in [0.3, 0.4) is 0 Å². The monoisotopic (exact) mass is 244 g/mol. The van der Waals surface area contributed by atoms with Crippen LogP contribution in [0.25, 0.3) is 5.69 Å². The second-order valence-corrected chi connectivity index (χ2v) is 4.45. The zero-order valence-corrected chi connectivity index (χ0v) is 11.5. The van der Waals surface area contributed by atoms with Crippen LogP contribution < -0.4 is 5.32 Å². The molecule has 2 aromatic rings. The molecule has 1 N–H and O–H groups in total. The summed E-state index contributed by atoms with van der Waals surface area (Å²) < 4.78 is 2.01. The van der Waals surface area contributed by atoms with E-state index >= 15 is 0 Å². The van der Waals surface area contributed by atoms with E-state index in [9.17, 15) is 0 Å². The molecule has 0 bridgehead atoms. The first-order valence-electron chi connectivity index (χ1n) is 6.32. The number of aromatic nitrogens is 3. The Hall–Kier alpha value is -1.68. The van der Waals surface area contributed by atoms with Crippen molar-refractivity contribution < 1.29 is 0 Å². The molecule has 4 nitrogen and oxygen atoms in total. The first kappa shape index (κ1) is 12.8. The zero-order valence-electron chi connectivity index (χ0n) is 11.5. The normalized spacial score (nSPS) is 10.9. The standard InChI is InChI=1S/C14H20N4/c1-5-14-10(2)17-18(11(14)3)13-6-7-16-12(8-13)9-15-4/h6-8,15H,5,9H2,1-4H3. The lowest BCUT2D eigenvalue weighted by Gasteiger charge is -2.07. The molecule has 18 heavy (non-hydrogen) atoms. The van der Waals surface area contributed by atoms with Gasteiger partial charge in [-0.2, -0.15) is 5.10 Å². The molecule has 0 saturated heterocycles. The van der Waals surface area contributed by atoms with Crippen LogP contribution in [0.15, 0.2) is 18.3 Å². The predicted molar refractivity (Wildman–Crippen MR) is 73.0 cm³/mol. The Bertz CT molecular complexity index is 543. The zero-order chi connectivity index (χ0) is 13.1. The Kier molecular flexibility index (Phi) is 3.77. The van der Waals surface area contributed by atoms with Crippen LogP contribution in [-0.2, 0) is 13.0 Å². The maximum Gasteiger partial charge on any atom is 0.0682 e. The number of rotatable bonds is 4. The summed E-state index contributed by atoms with van der Waals surface area (Å²) in [6.45, 7) is 7.13. The summed E-state index contributed by atoms with van der Waals surface area (Å²) in [5, 5.41) is 7.73. The molecule has 0 saturated carbocycles. The van der Waals surface area contributed by atoms with E-state index in [1.54, 1.807) is 0 Å². The molecule has 0 aromatic carbocycles. The van der Waals surface area contributed by atoms with Gasteiger partial charge in [-0.05, 0) is 45.0 Å². The van der Waals surface area contributed by atoms with Gasteiger partial charge in [-0.1, -0.05) is 6.92 Å². The third kappa shape index (κ3) is 2.29. The Morgan fingerprint density at radius 3 is 2.72 bits per heavy atom. The van der Waals surface area contributed by atoms with Crippen LogP contribution in [0.4, 0.5) is 0 Å². The third-order valence-electron chi connectivity index (χ3n) is 3.20. The average Bonchev–Trinajstić information content (AvgIpc) is 2.65.